The summed E-state index contributed by atoms with van der Waals surface area (Å²) < 4.78 is 5.56. The Morgan fingerprint density at radius 2 is 2.05 bits per heavy atom. The molecule has 1 aliphatic rings. The van der Waals surface area contributed by atoms with Gasteiger partial charge in [-0.15, -0.1) is 11.8 Å². The SMILES string of the molecule is O[C@H]1COc2c(SCc3ccccc3)cc(Cl)cc21. The van der Waals surface area contributed by atoms with Gasteiger partial charge in [-0.3, -0.25) is 0 Å². The fourth-order valence-electron chi connectivity index (χ4n) is 2.09. The fraction of sp³-hybridized carbons (Fsp3) is 0.200. The van der Waals surface area contributed by atoms with Crippen molar-refractivity contribution in [3.8, 4) is 5.75 Å². The summed E-state index contributed by atoms with van der Waals surface area (Å²) in [5.41, 5.74) is 2.04. The second-order valence-electron chi connectivity index (χ2n) is 4.42. The molecule has 0 saturated carbocycles. The van der Waals surface area contributed by atoms with Crippen LogP contribution >= 0.6 is 23.4 Å². The van der Waals surface area contributed by atoms with Gasteiger partial charge in [0.1, 0.15) is 18.5 Å². The Labute approximate surface area is 121 Å². The second-order valence-corrected chi connectivity index (χ2v) is 5.88. The van der Waals surface area contributed by atoms with Crippen molar-refractivity contribution in [1.29, 1.82) is 0 Å². The smallest absolute Gasteiger partial charge is 0.139 e. The number of aliphatic hydroxyl groups excluding tert-OH is 1. The van der Waals surface area contributed by atoms with Crippen molar-refractivity contribution in [3.05, 3.63) is 58.6 Å². The fourth-order valence-corrected chi connectivity index (χ4v) is 3.41. The number of aliphatic hydroxyl groups is 1. The van der Waals surface area contributed by atoms with Gasteiger partial charge in [-0.05, 0) is 17.7 Å². The van der Waals surface area contributed by atoms with E-state index in [9.17, 15) is 5.11 Å². The molecule has 1 aliphatic heterocycles. The summed E-state index contributed by atoms with van der Waals surface area (Å²) in [7, 11) is 0. The third-order valence-electron chi connectivity index (χ3n) is 3.03. The Morgan fingerprint density at radius 3 is 2.84 bits per heavy atom. The molecule has 19 heavy (non-hydrogen) atoms. The first-order valence-corrected chi connectivity index (χ1v) is 7.41. The summed E-state index contributed by atoms with van der Waals surface area (Å²) in [5.74, 6) is 1.63. The molecular weight excluding hydrogens is 280 g/mol. The van der Waals surface area contributed by atoms with Crippen molar-refractivity contribution in [1.82, 2.24) is 0 Å². The Morgan fingerprint density at radius 1 is 1.26 bits per heavy atom. The molecule has 0 radical (unpaired) electrons. The van der Waals surface area contributed by atoms with Gasteiger partial charge in [-0.25, -0.2) is 0 Å². The van der Waals surface area contributed by atoms with Crippen LogP contribution in [0.2, 0.25) is 5.02 Å². The number of ether oxygens (including phenoxy) is 1. The van der Waals surface area contributed by atoms with E-state index in [2.05, 4.69) is 12.1 Å². The van der Waals surface area contributed by atoms with Gasteiger partial charge in [-0.1, -0.05) is 41.9 Å². The van der Waals surface area contributed by atoms with Crippen LogP contribution in [0.25, 0.3) is 0 Å². The lowest BCUT2D eigenvalue weighted by Crippen LogP contribution is -1.97. The normalized spacial score (nSPS) is 17.1. The largest absolute Gasteiger partial charge is 0.489 e. The third kappa shape index (κ3) is 2.73. The van der Waals surface area contributed by atoms with Gasteiger partial charge in [0, 0.05) is 16.3 Å². The van der Waals surface area contributed by atoms with Crippen LogP contribution in [0, 0.1) is 0 Å². The lowest BCUT2D eigenvalue weighted by atomic mass is 10.1. The summed E-state index contributed by atoms with van der Waals surface area (Å²) in [5, 5.41) is 10.5. The van der Waals surface area contributed by atoms with E-state index in [-0.39, 0.29) is 0 Å². The van der Waals surface area contributed by atoms with E-state index in [1.165, 1.54) is 5.56 Å². The Hall–Kier alpha value is -1.16. The highest BCUT2D eigenvalue weighted by atomic mass is 35.5. The number of fused-ring (bicyclic) bond motifs is 1. The minimum atomic E-state index is -0.565. The lowest BCUT2D eigenvalue weighted by molar-refractivity contribution is 0.140. The third-order valence-corrected chi connectivity index (χ3v) is 4.34. The van der Waals surface area contributed by atoms with E-state index in [4.69, 9.17) is 16.3 Å². The molecule has 2 nitrogen and oxygen atoms in total. The zero-order valence-electron chi connectivity index (χ0n) is 10.2. The lowest BCUT2D eigenvalue weighted by Gasteiger charge is -2.08. The summed E-state index contributed by atoms with van der Waals surface area (Å²) in [6, 6.07) is 13.9. The zero-order chi connectivity index (χ0) is 13.2. The molecule has 0 amide bonds. The van der Waals surface area contributed by atoms with E-state index in [0.29, 0.717) is 11.6 Å². The summed E-state index contributed by atoms with van der Waals surface area (Å²) in [4.78, 5) is 0.989. The van der Waals surface area contributed by atoms with Crippen LogP contribution in [0.15, 0.2) is 47.4 Å². The van der Waals surface area contributed by atoms with E-state index in [1.54, 1.807) is 17.8 Å². The van der Waals surface area contributed by atoms with Crippen LogP contribution in [-0.4, -0.2) is 11.7 Å². The quantitative estimate of drug-likeness (QED) is 0.865. The molecule has 98 valence electrons. The number of thioether (sulfide) groups is 1. The molecule has 2 aromatic carbocycles. The van der Waals surface area contributed by atoms with Crippen LogP contribution < -0.4 is 4.74 Å². The molecular formula is C15H13ClO2S. The van der Waals surface area contributed by atoms with Gasteiger partial charge in [0.25, 0.3) is 0 Å². The van der Waals surface area contributed by atoms with Crippen LogP contribution in [-0.2, 0) is 5.75 Å². The van der Waals surface area contributed by atoms with Crippen LogP contribution in [0.1, 0.15) is 17.2 Å². The molecule has 1 heterocycles. The van der Waals surface area contributed by atoms with Crippen LogP contribution in [0.4, 0.5) is 0 Å². The van der Waals surface area contributed by atoms with E-state index in [1.807, 2.05) is 24.3 Å². The summed E-state index contributed by atoms with van der Waals surface area (Å²) in [6.07, 6.45) is -0.565. The topological polar surface area (TPSA) is 29.5 Å². The first-order chi connectivity index (χ1) is 9.24. The van der Waals surface area contributed by atoms with E-state index >= 15 is 0 Å². The van der Waals surface area contributed by atoms with E-state index in [0.717, 1.165) is 22.0 Å². The molecule has 4 heteroatoms. The predicted octanol–water partition coefficient (Wildman–Crippen LogP) is 4.06. The maximum atomic E-state index is 9.82. The molecule has 1 N–H and O–H groups in total. The molecule has 0 unspecified atom stereocenters. The zero-order valence-corrected chi connectivity index (χ0v) is 11.7. The Balaban J connectivity index is 1.84. The number of benzene rings is 2. The highest BCUT2D eigenvalue weighted by Gasteiger charge is 2.25. The minimum absolute atomic E-state index is 0.314. The van der Waals surface area contributed by atoms with Gasteiger partial charge in [0.05, 0.1) is 4.90 Å². The van der Waals surface area contributed by atoms with Crippen molar-refractivity contribution < 1.29 is 9.84 Å². The number of hydrogen-bond acceptors (Lipinski definition) is 3. The second kappa shape index (κ2) is 5.45. The summed E-state index contributed by atoms with van der Waals surface area (Å²) >= 11 is 7.77. The van der Waals surface area contributed by atoms with Gasteiger partial charge < -0.3 is 9.84 Å². The van der Waals surface area contributed by atoms with Gasteiger partial charge >= 0.3 is 0 Å². The van der Waals surface area contributed by atoms with Gasteiger partial charge in [0.2, 0.25) is 0 Å². The summed E-state index contributed by atoms with van der Waals surface area (Å²) in [6.45, 7) is 0.314. The molecule has 0 aromatic heterocycles. The van der Waals surface area contributed by atoms with Crippen LogP contribution in [0.3, 0.4) is 0 Å². The molecule has 1 atom stereocenters. The monoisotopic (exact) mass is 292 g/mol. The molecule has 3 rings (SSSR count). The first kappa shape index (κ1) is 12.9. The molecule has 0 aliphatic carbocycles. The number of halogens is 1. The maximum absolute atomic E-state index is 9.82. The molecule has 0 spiro atoms. The standard InChI is InChI=1S/C15H13ClO2S/c16-11-6-12-13(17)8-18-15(12)14(7-11)19-9-10-4-2-1-3-5-10/h1-7,13,17H,8-9H2/t13-/m0/s1. The molecule has 0 saturated heterocycles. The van der Waals surface area contributed by atoms with Crippen molar-refractivity contribution >= 4 is 23.4 Å². The minimum Gasteiger partial charge on any atom is -0.489 e. The Bertz CT molecular complexity index is 586. The van der Waals surface area contributed by atoms with Crippen molar-refractivity contribution in [2.45, 2.75) is 16.8 Å². The van der Waals surface area contributed by atoms with Crippen molar-refractivity contribution in [2.24, 2.45) is 0 Å². The highest BCUT2D eigenvalue weighted by Crippen LogP contribution is 2.43. The number of hydrogen-bond donors (Lipinski definition) is 1. The average Bonchev–Trinajstić information content (AvgIpc) is 2.79. The van der Waals surface area contributed by atoms with Crippen LogP contribution in [0.5, 0.6) is 5.75 Å². The number of rotatable bonds is 3. The predicted molar refractivity (Wildman–Crippen MR) is 77.9 cm³/mol. The Kier molecular flexibility index (Phi) is 3.69. The van der Waals surface area contributed by atoms with E-state index < -0.39 is 6.10 Å². The van der Waals surface area contributed by atoms with Gasteiger partial charge in [0.15, 0.2) is 0 Å². The molecule has 0 bridgehead atoms. The molecule has 0 fully saturated rings. The molecule has 2 aromatic rings. The van der Waals surface area contributed by atoms with Gasteiger partial charge in [-0.2, -0.15) is 0 Å². The highest BCUT2D eigenvalue weighted by molar-refractivity contribution is 7.98. The average molecular weight is 293 g/mol. The maximum Gasteiger partial charge on any atom is 0.139 e. The van der Waals surface area contributed by atoms with Crippen molar-refractivity contribution in [2.75, 3.05) is 6.61 Å². The van der Waals surface area contributed by atoms with Crippen molar-refractivity contribution in [3.63, 3.8) is 0 Å². The first-order valence-electron chi connectivity index (χ1n) is 6.05.